The van der Waals surface area contributed by atoms with E-state index in [0.717, 1.165) is 17.3 Å². The van der Waals surface area contributed by atoms with Gasteiger partial charge in [0.25, 0.3) is 5.91 Å². The Morgan fingerprint density at radius 2 is 1.81 bits per heavy atom. The molecule has 0 aromatic heterocycles. The van der Waals surface area contributed by atoms with Gasteiger partial charge in [-0.15, -0.1) is 0 Å². The molecule has 36 heavy (non-hydrogen) atoms. The van der Waals surface area contributed by atoms with Crippen molar-refractivity contribution in [3.05, 3.63) is 100 Å². The number of anilines is 2. The lowest BCUT2D eigenvalue weighted by molar-refractivity contribution is -0.117. The zero-order valence-corrected chi connectivity index (χ0v) is 20.6. The number of para-hydroxylation sites is 1. The standard InChI is InChI=1S/C28H24FN3O3S/c1-3-35-21-14-12-20(13-15-21)32-27(34)25(16-19-9-5-6-10-23(19)29)36-28(32)22(17-30)26(33)31-24-11-7-4-8-18(24)2/h4-15,25H,3,16H2,1-2H3,(H,31,33)/b28-22-. The van der Waals surface area contributed by atoms with Gasteiger partial charge in [-0.3, -0.25) is 14.5 Å². The van der Waals surface area contributed by atoms with Crippen LogP contribution in [0.4, 0.5) is 15.8 Å². The number of aryl methyl sites for hydroxylation is 1. The highest BCUT2D eigenvalue weighted by Crippen LogP contribution is 2.42. The Morgan fingerprint density at radius 1 is 1.11 bits per heavy atom. The number of halogens is 1. The van der Waals surface area contributed by atoms with E-state index in [-0.39, 0.29) is 22.9 Å². The number of carbonyl (C=O) groups is 2. The maximum atomic E-state index is 14.4. The van der Waals surface area contributed by atoms with E-state index < -0.39 is 17.0 Å². The molecule has 1 unspecified atom stereocenters. The number of thioether (sulfide) groups is 1. The molecular weight excluding hydrogens is 477 g/mol. The third kappa shape index (κ3) is 5.26. The summed E-state index contributed by atoms with van der Waals surface area (Å²) in [7, 11) is 0. The lowest BCUT2D eigenvalue weighted by Gasteiger charge is -2.19. The number of rotatable bonds is 7. The zero-order chi connectivity index (χ0) is 25.7. The van der Waals surface area contributed by atoms with Crippen LogP contribution in [0, 0.1) is 24.1 Å². The molecule has 0 aliphatic carbocycles. The van der Waals surface area contributed by atoms with Crippen molar-refractivity contribution >= 4 is 35.0 Å². The first-order valence-corrected chi connectivity index (χ1v) is 12.3. The largest absolute Gasteiger partial charge is 0.494 e. The molecule has 1 aliphatic heterocycles. The molecule has 3 aromatic rings. The first kappa shape index (κ1) is 25.0. The predicted octanol–water partition coefficient (Wildman–Crippen LogP) is 5.60. The SMILES string of the molecule is CCOc1ccc(N2C(=O)C(Cc3ccccc3F)S/C2=C(/C#N)C(=O)Nc2ccccc2C)cc1. The van der Waals surface area contributed by atoms with Crippen molar-refractivity contribution in [2.75, 3.05) is 16.8 Å². The van der Waals surface area contributed by atoms with Gasteiger partial charge in [-0.25, -0.2) is 4.39 Å². The highest BCUT2D eigenvalue weighted by Gasteiger charge is 2.41. The fraction of sp³-hybridized carbons (Fsp3) is 0.179. The van der Waals surface area contributed by atoms with Crippen LogP contribution in [0.3, 0.4) is 0 Å². The zero-order valence-electron chi connectivity index (χ0n) is 19.8. The summed E-state index contributed by atoms with van der Waals surface area (Å²) in [6.45, 7) is 4.21. The van der Waals surface area contributed by atoms with E-state index in [1.165, 1.54) is 11.0 Å². The Hall–Kier alpha value is -4.09. The van der Waals surface area contributed by atoms with Crippen LogP contribution in [0.15, 0.2) is 83.4 Å². The van der Waals surface area contributed by atoms with E-state index in [0.29, 0.717) is 29.3 Å². The van der Waals surface area contributed by atoms with Crippen molar-refractivity contribution in [3.8, 4) is 11.8 Å². The third-order valence-electron chi connectivity index (χ3n) is 5.67. The molecule has 1 N–H and O–H groups in total. The topological polar surface area (TPSA) is 82.4 Å². The number of hydrogen-bond acceptors (Lipinski definition) is 5. The second-order valence-electron chi connectivity index (χ2n) is 8.06. The number of amides is 2. The second kappa shape index (κ2) is 11.1. The minimum Gasteiger partial charge on any atom is -0.494 e. The van der Waals surface area contributed by atoms with E-state index >= 15 is 0 Å². The van der Waals surface area contributed by atoms with Gasteiger partial charge in [-0.2, -0.15) is 5.26 Å². The van der Waals surface area contributed by atoms with E-state index in [1.807, 2.05) is 32.0 Å². The van der Waals surface area contributed by atoms with Gasteiger partial charge in [0.15, 0.2) is 0 Å². The molecule has 4 rings (SSSR count). The van der Waals surface area contributed by atoms with Crippen LogP contribution >= 0.6 is 11.8 Å². The molecule has 1 fully saturated rings. The van der Waals surface area contributed by atoms with Crippen LogP contribution in [-0.4, -0.2) is 23.7 Å². The number of carbonyl (C=O) groups excluding carboxylic acids is 2. The average molecular weight is 502 g/mol. The van der Waals surface area contributed by atoms with Gasteiger partial charge in [0.1, 0.15) is 28.2 Å². The van der Waals surface area contributed by atoms with Crippen molar-refractivity contribution in [2.45, 2.75) is 25.5 Å². The molecule has 0 saturated carbocycles. The summed E-state index contributed by atoms with van der Waals surface area (Å²) in [4.78, 5) is 28.1. The van der Waals surface area contributed by atoms with E-state index in [2.05, 4.69) is 5.32 Å². The molecule has 3 aromatic carbocycles. The maximum Gasteiger partial charge on any atom is 0.269 e. The molecule has 2 amide bonds. The molecule has 1 heterocycles. The molecule has 8 heteroatoms. The minimum atomic E-state index is -0.710. The molecule has 0 spiro atoms. The molecule has 182 valence electrons. The maximum absolute atomic E-state index is 14.4. The van der Waals surface area contributed by atoms with Crippen LogP contribution in [0.1, 0.15) is 18.1 Å². The first-order chi connectivity index (χ1) is 17.4. The van der Waals surface area contributed by atoms with Gasteiger partial charge in [-0.05, 0) is 67.8 Å². The Morgan fingerprint density at radius 3 is 2.47 bits per heavy atom. The molecule has 1 aliphatic rings. The van der Waals surface area contributed by atoms with Crippen molar-refractivity contribution in [1.82, 2.24) is 0 Å². The summed E-state index contributed by atoms with van der Waals surface area (Å²) in [6.07, 6.45) is 0.116. The number of nitrogens with zero attached hydrogens (tertiary/aromatic N) is 2. The summed E-state index contributed by atoms with van der Waals surface area (Å²) < 4.78 is 19.9. The van der Waals surface area contributed by atoms with Crippen molar-refractivity contribution in [2.24, 2.45) is 0 Å². The van der Waals surface area contributed by atoms with Gasteiger partial charge in [0.2, 0.25) is 5.91 Å². The highest BCUT2D eigenvalue weighted by atomic mass is 32.2. The van der Waals surface area contributed by atoms with Crippen LogP contribution in [-0.2, 0) is 16.0 Å². The Kier molecular flexibility index (Phi) is 7.71. The smallest absolute Gasteiger partial charge is 0.269 e. The average Bonchev–Trinajstić information content (AvgIpc) is 3.18. The van der Waals surface area contributed by atoms with Gasteiger partial charge in [-0.1, -0.05) is 48.2 Å². The fourth-order valence-electron chi connectivity index (χ4n) is 3.84. The van der Waals surface area contributed by atoms with E-state index in [4.69, 9.17) is 4.74 Å². The second-order valence-corrected chi connectivity index (χ2v) is 9.26. The van der Waals surface area contributed by atoms with Crippen LogP contribution < -0.4 is 15.0 Å². The molecule has 0 radical (unpaired) electrons. The number of benzene rings is 3. The van der Waals surface area contributed by atoms with Crippen molar-refractivity contribution in [1.29, 1.82) is 5.26 Å². The van der Waals surface area contributed by atoms with Crippen LogP contribution in [0.2, 0.25) is 0 Å². The van der Waals surface area contributed by atoms with Gasteiger partial charge < -0.3 is 10.1 Å². The van der Waals surface area contributed by atoms with E-state index in [1.54, 1.807) is 54.6 Å². The molecule has 1 atom stereocenters. The molecular formula is C28H24FN3O3S. The Bertz CT molecular complexity index is 1360. The van der Waals surface area contributed by atoms with Crippen LogP contribution in [0.5, 0.6) is 5.75 Å². The predicted molar refractivity (Wildman–Crippen MR) is 139 cm³/mol. The van der Waals surface area contributed by atoms with Crippen molar-refractivity contribution < 1.29 is 18.7 Å². The van der Waals surface area contributed by atoms with Gasteiger partial charge >= 0.3 is 0 Å². The lowest BCUT2D eigenvalue weighted by Crippen LogP contribution is -2.31. The number of nitriles is 1. The fourth-order valence-corrected chi connectivity index (χ4v) is 5.14. The quantitative estimate of drug-likeness (QED) is 0.337. The molecule has 1 saturated heterocycles. The molecule has 0 bridgehead atoms. The van der Waals surface area contributed by atoms with Gasteiger partial charge in [0, 0.05) is 11.4 Å². The van der Waals surface area contributed by atoms with Crippen molar-refractivity contribution in [3.63, 3.8) is 0 Å². The Balaban J connectivity index is 1.74. The summed E-state index contributed by atoms with van der Waals surface area (Å²) in [5.41, 5.74) is 2.09. The molecule has 6 nitrogen and oxygen atoms in total. The lowest BCUT2D eigenvalue weighted by atomic mass is 10.1. The third-order valence-corrected chi connectivity index (χ3v) is 6.93. The summed E-state index contributed by atoms with van der Waals surface area (Å²) in [5.74, 6) is -0.732. The number of hydrogen-bond donors (Lipinski definition) is 1. The number of ether oxygens (including phenoxy) is 1. The first-order valence-electron chi connectivity index (χ1n) is 11.4. The van der Waals surface area contributed by atoms with E-state index in [9.17, 15) is 19.2 Å². The summed E-state index contributed by atoms with van der Waals surface area (Å²) >= 11 is 1.09. The van der Waals surface area contributed by atoms with Crippen LogP contribution in [0.25, 0.3) is 0 Å². The minimum absolute atomic E-state index is 0.116. The summed E-state index contributed by atoms with van der Waals surface area (Å²) in [6, 6.07) is 22.3. The monoisotopic (exact) mass is 501 g/mol. The van der Waals surface area contributed by atoms with Gasteiger partial charge in [0.05, 0.1) is 11.9 Å². The Labute approximate surface area is 213 Å². The number of nitrogens with one attached hydrogen (secondary N) is 1. The normalized spacial score (nSPS) is 16.4. The highest BCUT2D eigenvalue weighted by molar-refractivity contribution is 8.05. The summed E-state index contributed by atoms with van der Waals surface area (Å²) in [5, 5.41) is 12.3.